The molecule has 0 N–H and O–H groups in total. The summed E-state index contributed by atoms with van der Waals surface area (Å²) in [7, 11) is 0. The van der Waals surface area contributed by atoms with Crippen LogP contribution in [0.3, 0.4) is 0 Å². The Morgan fingerprint density at radius 3 is 2.56 bits per heavy atom. The van der Waals surface area contributed by atoms with E-state index in [0.717, 1.165) is 5.56 Å². The number of carbonyl (C=O) groups is 1. The van der Waals surface area contributed by atoms with Gasteiger partial charge in [-0.25, -0.2) is 4.79 Å². The minimum absolute atomic E-state index is 0.0399. The van der Waals surface area contributed by atoms with E-state index in [1.807, 2.05) is 0 Å². The monoisotopic (exact) mass is 430 g/mol. The fraction of sp³-hybridized carbons (Fsp3) is 0.158. The first-order chi connectivity index (χ1) is 12.9. The van der Waals surface area contributed by atoms with Gasteiger partial charge in [0.05, 0.1) is 27.6 Å². The Balaban J connectivity index is 2.19. The van der Waals surface area contributed by atoms with Gasteiger partial charge in [0.1, 0.15) is 5.75 Å². The average Bonchev–Trinajstić information content (AvgIpc) is 2.65. The van der Waals surface area contributed by atoms with Crippen molar-refractivity contribution in [2.75, 3.05) is 13.2 Å². The number of carbonyl (C=O) groups excluding carboxylic acids is 1. The standard InChI is InChI=1S/C19H15BrN2O5/c1-2-26-19(23)12-27-18-8-3-13(10-17(18)20)9-15(11-21)14-4-6-16(7-5-14)22(24)25/h3-10H,2,12H2,1H3/b15-9-. The highest BCUT2D eigenvalue weighted by molar-refractivity contribution is 9.10. The zero-order valence-electron chi connectivity index (χ0n) is 14.3. The molecule has 0 radical (unpaired) electrons. The van der Waals surface area contributed by atoms with E-state index >= 15 is 0 Å². The SMILES string of the molecule is CCOC(=O)COc1ccc(/C=C(/C#N)c2ccc([N+](=O)[O-])cc2)cc1Br. The van der Waals surface area contributed by atoms with Crippen molar-refractivity contribution in [1.29, 1.82) is 5.26 Å². The summed E-state index contributed by atoms with van der Waals surface area (Å²) < 4.78 is 10.8. The lowest BCUT2D eigenvalue weighted by molar-refractivity contribution is -0.384. The van der Waals surface area contributed by atoms with Crippen molar-refractivity contribution in [1.82, 2.24) is 0 Å². The van der Waals surface area contributed by atoms with Gasteiger partial charge in [-0.05, 0) is 64.3 Å². The smallest absolute Gasteiger partial charge is 0.344 e. The van der Waals surface area contributed by atoms with Gasteiger partial charge in [0.25, 0.3) is 5.69 Å². The highest BCUT2D eigenvalue weighted by Gasteiger charge is 2.09. The van der Waals surface area contributed by atoms with Crippen LogP contribution in [0, 0.1) is 21.4 Å². The van der Waals surface area contributed by atoms with E-state index in [1.54, 1.807) is 31.2 Å². The second kappa shape index (κ2) is 9.50. The third-order valence-corrected chi connectivity index (χ3v) is 4.05. The van der Waals surface area contributed by atoms with Gasteiger partial charge in [0.2, 0.25) is 0 Å². The van der Waals surface area contributed by atoms with E-state index in [2.05, 4.69) is 22.0 Å². The molecule has 2 aromatic rings. The number of esters is 1. The van der Waals surface area contributed by atoms with Gasteiger partial charge >= 0.3 is 5.97 Å². The number of hydrogen-bond acceptors (Lipinski definition) is 6. The normalized spacial score (nSPS) is 10.8. The quantitative estimate of drug-likeness (QED) is 0.212. The Morgan fingerprint density at radius 1 is 1.30 bits per heavy atom. The summed E-state index contributed by atoms with van der Waals surface area (Å²) in [5.41, 5.74) is 1.61. The predicted molar refractivity (Wildman–Crippen MR) is 103 cm³/mol. The van der Waals surface area contributed by atoms with Gasteiger partial charge in [0, 0.05) is 12.1 Å². The molecule has 0 spiro atoms. The summed E-state index contributed by atoms with van der Waals surface area (Å²) in [5.74, 6) is 0.00681. The molecule has 2 rings (SSSR count). The largest absolute Gasteiger partial charge is 0.481 e. The zero-order chi connectivity index (χ0) is 19.8. The summed E-state index contributed by atoms with van der Waals surface area (Å²) in [5, 5.41) is 20.1. The van der Waals surface area contributed by atoms with E-state index in [0.29, 0.717) is 21.4 Å². The van der Waals surface area contributed by atoms with Gasteiger partial charge in [-0.3, -0.25) is 10.1 Å². The molecule has 0 saturated heterocycles. The van der Waals surface area contributed by atoms with Crippen LogP contribution in [0.4, 0.5) is 5.69 Å². The Hall–Kier alpha value is -3.18. The van der Waals surface area contributed by atoms with Crippen LogP contribution in [-0.2, 0) is 9.53 Å². The molecule has 0 amide bonds. The van der Waals surface area contributed by atoms with Gasteiger partial charge in [0.15, 0.2) is 6.61 Å². The maximum absolute atomic E-state index is 11.4. The topological polar surface area (TPSA) is 102 Å². The van der Waals surface area contributed by atoms with Crippen LogP contribution >= 0.6 is 15.9 Å². The van der Waals surface area contributed by atoms with Crippen LogP contribution < -0.4 is 4.74 Å². The zero-order valence-corrected chi connectivity index (χ0v) is 15.9. The lowest BCUT2D eigenvalue weighted by Crippen LogP contribution is -2.14. The fourth-order valence-corrected chi connectivity index (χ4v) is 2.68. The molecule has 7 nitrogen and oxygen atoms in total. The number of ether oxygens (including phenoxy) is 2. The summed E-state index contributed by atoms with van der Waals surface area (Å²) in [6.45, 7) is 1.80. The number of rotatable bonds is 7. The molecule has 2 aromatic carbocycles. The van der Waals surface area contributed by atoms with E-state index in [9.17, 15) is 20.2 Å². The van der Waals surface area contributed by atoms with Crippen LogP contribution in [0.25, 0.3) is 11.6 Å². The number of non-ortho nitro benzene ring substituents is 1. The molecule has 0 aliphatic rings. The number of halogens is 1. The van der Waals surface area contributed by atoms with Crippen LogP contribution in [0.5, 0.6) is 5.75 Å². The van der Waals surface area contributed by atoms with Crippen molar-refractivity contribution in [3.05, 3.63) is 68.2 Å². The second-order valence-electron chi connectivity index (χ2n) is 5.26. The first-order valence-electron chi connectivity index (χ1n) is 7.89. The molecule has 8 heteroatoms. The third kappa shape index (κ3) is 5.66. The Kier molecular flexibility index (Phi) is 7.08. The van der Waals surface area contributed by atoms with Gasteiger partial charge < -0.3 is 9.47 Å². The maximum atomic E-state index is 11.4. The Labute approximate surface area is 164 Å². The van der Waals surface area contributed by atoms with Gasteiger partial charge in [-0.15, -0.1) is 0 Å². The summed E-state index contributed by atoms with van der Waals surface area (Å²) >= 11 is 3.37. The lowest BCUT2D eigenvalue weighted by atomic mass is 10.0. The summed E-state index contributed by atoms with van der Waals surface area (Å²) in [6, 6.07) is 13.0. The molecule has 0 aliphatic carbocycles. The van der Waals surface area contributed by atoms with Crippen molar-refractivity contribution < 1.29 is 19.2 Å². The highest BCUT2D eigenvalue weighted by Crippen LogP contribution is 2.28. The molecule has 0 fully saturated rings. The van der Waals surface area contributed by atoms with E-state index in [4.69, 9.17) is 9.47 Å². The fourth-order valence-electron chi connectivity index (χ4n) is 2.17. The molecule has 27 heavy (non-hydrogen) atoms. The van der Waals surface area contributed by atoms with E-state index < -0.39 is 10.9 Å². The lowest BCUT2D eigenvalue weighted by Gasteiger charge is -2.08. The minimum atomic E-state index is -0.494. The number of nitro benzene ring substituents is 1. The van der Waals surface area contributed by atoms with Crippen molar-refractivity contribution in [2.45, 2.75) is 6.92 Å². The molecule has 0 unspecified atom stereocenters. The number of benzene rings is 2. The second-order valence-corrected chi connectivity index (χ2v) is 6.11. The molecule has 0 atom stereocenters. The number of nitriles is 1. The van der Waals surface area contributed by atoms with E-state index in [-0.39, 0.29) is 18.9 Å². The Bertz CT molecular complexity index is 917. The molecular weight excluding hydrogens is 416 g/mol. The number of hydrogen-bond donors (Lipinski definition) is 0. The molecule has 0 heterocycles. The molecular formula is C19H15BrN2O5. The number of allylic oxidation sites excluding steroid dienone is 1. The molecule has 0 aromatic heterocycles. The summed E-state index contributed by atoms with van der Waals surface area (Å²) in [6.07, 6.45) is 1.65. The van der Waals surface area contributed by atoms with E-state index in [1.165, 1.54) is 24.3 Å². The number of nitro groups is 1. The molecule has 138 valence electrons. The maximum Gasteiger partial charge on any atom is 0.344 e. The first-order valence-corrected chi connectivity index (χ1v) is 8.68. The molecule has 0 bridgehead atoms. The van der Waals surface area contributed by atoms with Crippen LogP contribution in [0.15, 0.2) is 46.9 Å². The number of nitrogens with zero attached hydrogens (tertiary/aromatic N) is 2. The Morgan fingerprint density at radius 2 is 2.00 bits per heavy atom. The average molecular weight is 431 g/mol. The van der Waals surface area contributed by atoms with Crippen molar-refractivity contribution in [3.63, 3.8) is 0 Å². The van der Waals surface area contributed by atoms with Crippen molar-refractivity contribution in [3.8, 4) is 11.8 Å². The minimum Gasteiger partial charge on any atom is -0.481 e. The molecule has 0 saturated carbocycles. The first kappa shape index (κ1) is 20.1. The van der Waals surface area contributed by atoms with Gasteiger partial charge in [-0.1, -0.05) is 6.07 Å². The summed E-state index contributed by atoms with van der Waals surface area (Å²) in [4.78, 5) is 21.6. The van der Waals surface area contributed by atoms with Crippen LogP contribution in [0.1, 0.15) is 18.1 Å². The molecule has 0 aliphatic heterocycles. The third-order valence-electron chi connectivity index (χ3n) is 3.43. The highest BCUT2D eigenvalue weighted by atomic mass is 79.9. The van der Waals surface area contributed by atoms with Crippen molar-refractivity contribution in [2.24, 2.45) is 0 Å². The van der Waals surface area contributed by atoms with Crippen LogP contribution in [-0.4, -0.2) is 24.1 Å². The van der Waals surface area contributed by atoms with Gasteiger partial charge in [-0.2, -0.15) is 5.26 Å². The predicted octanol–water partition coefficient (Wildman–Crippen LogP) is 4.36. The van der Waals surface area contributed by atoms with Crippen LogP contribution in [0.2, 0.25) is 0 Å². The van der Waals surface area contributed by atoms with Crippen molar-refractivity contribution >= 4 is 39.2 Å².